The average molecular weight is 363 g/mol. The predicted molar refractivity (Wildman–Crippen MR) is 99.7 cm³/mol. The minimum atomic E-state index is -0.238. The number of hydrogen-bond acceptors (Lipinski definition) is 7. The van der Waals surface area contributed by atoms with E-state index in [0.717, 1.165) is 30.2 Å². The number of fused-ring (bicyclic) bond motifs is 2. The second-order valence-electron chi connectivity index (χ2n) is 7.70. The summed E-state index contributed by atoms with van der Waals surface area (Å²) in [6, 6.07) is 8.81. The molecule has 1 aliphatic heterocycles. The van der Waals surface area contributed by atoms with Crippen LogP contribution in [0.1, 0.15) is 43.7 Å². The molecule has 0 saturated heterocycles. The molecule has 2 heterocycles. The quantitative estimate of drug-likeness (QED) is 0.876. The van der Waals surface area contributed by atoms with Crippen molar-refractivity contribution in [3.05, 3.63) is 35.9 Å². The first-order valence-electron chi connectivity index (χ1n) is 9.51. The summed E-state index contributed by atoms with van der Waals surface area (Å²) in [7, 11) is 0. The molecule has 5 rings (SSSR count). The monoisotopic (exact) mass is 363 g/mol. The van der Waals surface area contributed by atoms with Gasteiger partial charge < -0.3 is 9.84 Å². The third kappa shape index (κ3) is 3.29. The molecule has 1 N–H and O–H groups in total. The maximum atomic E-state index is 10.4. The zero-order valence-electron chi connectivity index (χ0n) is 14.9. The van der Waals surface area contributed by atoms with Crippen molar-refractivity contribution in [3.63, 3.8) is 0 Å². The Morgan fingerprint density at radius 3 is 2.48 bits per heavy atom. The summed E-state index contributed by atoms with van der Waals surface area (Å²) in [6.07, 6.45) is 8.21. The number of aromatic nitrogens is 2. The fourth-order valence-corrected chi connectivity index (χ4v) is 4.55. The first-order valence-corrected chi connectivity index (χ1v) is 9.51. The van der Waals surface area contributed by atoms with Crippen LogP contribution in [0.5, 0.6) is 11.6 Å². The Balaban J connectivity index is 1.30. The Hall–Kier alpha value is -2.83. The van der Waals surface area contributed by atoms with Crippen LogP contribution in [0.2, 0.25) is 0 Å². The van der Waals surface area contributed by atoms with Crippen LogP contribution in [-0.2, 0) is 0 Å². The van der Waals surface area contributed by atoms with E-state index in [1.54, 1.807) is 12.3 Å². The third-order valence-corrected chi connectivity index (χ3v) is 5.84. The Morgan fingerprint density at radius 1 is 0.963 bits per heavy atom. The minimum absolute atomic E-state index is 0.134. The van der Waals surface area contributed by atoms with Gasteiger partial charge in [0.15, 0.2) is 0 Å². The van der Waals surface area contributed by atoms with Gasteiger partial charge in [-0.2, -0.15) is 5.11 Å². The molecule has 0 radical (unpaired) electrons. The van der Waals surface area contributed by atoms with Gasteiger partial charge in [-0.15, -0.1) is 15.3 Å². The minimum Gasteiger partial charge on any atom is -0.507 e. The molecule has 0 amide bonds. The van der Waals surface area contributed by atoms with E-state index in [1.807, 2.05) is 24.3 Å². The molecule has 7 heteroatoms. The number of ether oxygens (including phenoxy) is 1. The van der Waals surface area contributed by atoms with Gasteiger partial charge in [-0.3, -0.25) is 0 Å². The van der Waals surface area contributed by atoms with Crippen molar-refractivity contribution in [1.29, 1.82) is 0 Å². The Kier molecular flexibility index (Phi) is 4.07. The number of benzene rings is 1. The van der Waals surface area contributed by atoms with Crippen molar-refractivity contribution in [2.24, 2.45) is 27.3 Å². The molecule has 2 aromatic rings. The van der Waals surface area contributed by atoms with Crippen molar-refractivity contribution >= 4 is 6.21 Å². The van der Waals surface area contributed by atoms with E-state index < -0.39 is 0 Å². The Labute approximate surface area is 157 Å². The van der Waals surface area contributed by atoms with E-state index in [-0.39, 0.29) is 17.9 Å². The maximum Gasteiger partial charge on any atom is 0.233 e. The van der Waals surface area contributed by atoms with Gasteiger partial charge in [0.05, 0.1) is 11.9 Å². The lowest BCUT2D eigenvalue weighted by Crippen LogP contribution is -2.26. The lowest BCUT2D eigenvalue weighted by atomic mass is 9.87. The highest BCUT2D eigenvalue weighted by molar-refractivity contribution is 5.72. The van der Waals surface area contributed by atoms with Gasteiger partial charge in [-0.05, 0) is 60.1 Å². The molecule has 1 unspecified atom stereocenters. The molecular weight excluding hydrogens is 342 g/mol. The summed E-state index contributed by atoms with van der Waals surface area (Å²) in [6.45, 7) is 0. The molecule has 4 atom stereocenters. The number of phenolic OH excluding ortho intramolecular Hbond substituents is 1. The van der Waals surface area contributed by atoms with Crippen LogP contribution in [0.15, 0.2) is 45.8 Å². The largest absolute Gasteiger partial charge is 0.507 e. The van der Waals surface area contributed by atoms with Gasteiger partial charge in [-0.1, -0.05) is 18.9 Å². The van der Waals surface area contributed by atoms with Crippen LogP contribution < -0.4 is 4.74 Å². The summed E-state index contributed by atoms with van der Waals surface area (Å²) in [5.74, 6) is 2.33. The summed E-state index contributed by atoms with van der Waals surface area (Å²) >= 11 is 0. The fraction of sp³-hybridized carbons (Fsp3) is 0.450. The third-order valence-electron chi connectivity index (χ3n) is 5.84. The standard InChI is InChI=1S/C20H21N5O2/c26-19-10-14(18-11-21-25-23-18)3-4-16(19)17-5-6-20(24-22-17)27-15-8-12-1-2-13(7-12)9-15/h3-6,10-13,15,18,26H,1-2,7-9H2/t12-,13+,15+,18?. The zero-order valence-corrected chi connectivity index (χ0v) is 14.9. The summed E-state index contributed by atoms with van der Waals surface area (Å²) in [5.41, 5.74) is 2.07. The molecule has 27 heavy (non-hydrogen) atoms. The number of nitrogens with zero attached hydrogens (tertiary/aromatic N) is 5. The van der Waals surface area contributed by atoms with Gasteiger partial charge in [0, 0.05) is 11.6 Å². The molecule has 3 aliphatic rings. The van der Waals surface area contributed by atoms with Crippen molar-refractivity contribution in [2.45, 2.75) is 44.2 Å². The number of phenols is 1. The van der Waals surface area contributed by atoms with E-state index in [1.165, 1.54) is 19.3 Å². The molecule has 2 aliphatic carbocycles. The van der Waals surface area contributed by atoms with Crippen LogP contribution in [0.25, 0.3) is 11.3 Å². The van der Waals surface area contributed by atoms with E-state index >= 15 is 0 Å². The topological polar surface area (TPSA) is 92.3 Å². The normalized spacial score (nSPS) is 28.6. The summed E-state index contributed by atoms with van der Waals surface area (Å²) in [5, 5.41) is 30.2. The smallest absolute Gasteiger partial charge is 0.233 e. The van der Waals surface area contributed by atoms with E-state index in [9.17, 15) is 5.11 Å². The number of aromatic hydroxyl groups is 1. The lowest BCUT2D eigenvalue weighted by molar-refractivity contribution is 0.113. The van der Waals surface area contributed by atoms with Crippen LogP contribution in [0.3, 0.4) is 0 Å². The predicted octanol–water partition coefficient (Wildman–Crippen LogP) is 4.30. The number of hydrogen-bond donors (Lipinski definition) is 1. The van der Waals surface area contributed by atoms with Gasteiger partial charge >= 0.3 is 0 Å². The first kappa shape index (κ1) is 16.4. The summed E-state index contributed by atoms with van der Waals surface area (Å²) in [4.78, 5) is 0. The molecule has 138 valence electrons. The highest BCUT2D eigenvalue weighted by Gasteiger charge is 2.35. The van der Waals surface area contributed by atoms with Crippen LogP contribution in [0.4, 0.5) is 0 Å². The molecule has 0 spiro atoms. The molecular formula is C20H21N5O2. The van der Waals surface area contributed by atoms with Gasteiger partial charge in [-0.25, -0.2) is 0 Å². The van der Waals surface area contributed by atoms with E-state index in [2.05, 4.69) is 25.6 Å². The van der Waals surface area contributed by atoms with Gasteiger partial charge in [0.1, 0.15) is 17.9 Å². The maximum absolute atomic E-state index is 10.4. The highest BCUT2D eigenvalue weighted by Crippen LogP contribution is 2.43. The van der Waals surface area contributed by atoms with Crippen molar-refractivity contribution in [3.8, 4) is 22.9 Å². The van der Waals surface area contributed by atoms with Crippen LogP contribution in [-0.4, -0.2) is 27.6 Å². The molecule has 1 aromatic carbocycles. The number of rotatable bonds is 4. The van der Waals surface area contributed by atoms with Crippen LogP contribution >= 0.6 is 0 Å². The van der Waals surface area contributed by atoms with Gasteiger partial charge in [0.2, 0.25) is 5.88 Å². The van der Waals surface area contributed by atoms with E-state index in [4.69, 9.17) is 4.74 Å². The van der Waals surface area contributed by atoms with Crippen molar-refractivity contribution in [1.82, 2.24) is 10.2 Å². The second-order valence-corrected chi connectivity index (χ2v) is 7.70. The fourth-order valence-electron chi connectivity index (χ4n) is 4.55. The SMILES string of the molecule is Oc1cc(C2C=NN=N2)ccc1-c1ccc(O[C@H]2C[C@@H]3CC[C@@H](C3)C2)nn1. The molecule has 2 bridgehead atoms. The van der Waals surface area contributed by atoms with E-state index in [0.29, 0.717) is 17.1 Å². The molecule has 1 aromatic heterocycles. The van der Waals surface area contributed by atoms with Crippen molar-refractivity contribution in [2.75, 3.05) is 0 Å². The van der Waals surface area contributed by atoms with Gasteiger partial charge in [0.25, 0.3) is 0 Å². The lowest BCUT2D eigenvalue weighted by Gasteiger charge is -2.27. The molecule has 7 nitrogen and oxygen atoms in total. The Bertz CT molecular complexity index is 872. The molecule has 2 fully saturated rings. The first-order chi connectivity index (χ1) is 13.2. The Morgan fingerprint density at radius 2 is 1.81 bits per heavy atom. The van der Waals surface area contributed by atoms with Crippen molar-refractivity contribution < 1.29 is 9.84 Å². The second kappa shape index (κ2) is 6.72. The highest BCUT2D eigenvalue weighted by atomic mass is 16.5. The zero-order chi connectivity index (χ0) is 18.2. The average Bonchev–Trinajstić information content (AvgIpc) is 3.32. The molecule has 2 saturated carbocycles. The van der Waals surface area contributed by atoms with Crippen LogP contribution in [0, 0.1) is 11.8 Å². The summed E-state index contributed by atoms with van der Waals surface area (Å²) < 4.78 is 6.07.